The average molecular weight is 289 g/mol. The van der Waals surface area contributed by atoms with Gasteiger partial charge in [0.25, 0.3) is 0 Å². The first-order chi connectivity index (χ1) is 8.36. The van der Waals surface area contributed by atoms with Crippen LogP contribution in [0, 0.1) is 0 Å². The van der Waals surface area contributed by atoms with Gasteiger partial charge in [-0.25, -0.2) is 13.1 Å². The number of sulfonamides is 1. The molecule has 0 spiro atoms. The minimum absolute atomic E-state index is 0.192. The van der Waals surface area contributed by atoms with Crippen molar-refractivity contribution in [3.05, 3.63) is 28.8 Å². The Kier molecular flexibility index (Phi) is 3.69. The van der Waals surface area contributed by atoms with Crippen molar-refractivity contribution in [1.29, 1.82) is 0 Å². The van der Waals surface area contributed by atoms with E-state index >= 15 is 0 Å². The molecular formula is C12H17ClN2O2S. The summed E-state index contributed by atoms with van der Waals surface area (Å²) < 4.78 is 27.1. The lowest BCUT2D eigenvalue weighted by Crippen LogP contribution is -2.50. The average Bonchev–Trinajstić information content (AvgIpc) is 2.26. The lowest BCUT2D eigenvalue weighted by atomic mass is 9.80. The van der Waals surface area contributed by atoms with Crippen molar-refractivity contribution in [3.8, 4) is 0 Å². The predicted molar refractivity (Wildman–Crippen MR) is 71.9 cm³/mol. The van der Waals surface area contributed by atoms with Crippen LogP contribution in [0.3, 0.4) is 0 Å². The lowest BCUT2D eigenvalue weighted by Gasteiger charge is -2.38. The largest absolute Gasteiger partial charge is 0.326 e. The third kappa shape index (κ3) is 2.69. The Morgan fingerprint density at radius 2 is 2.11 bits per heavy atom. The summed E-state index contributed by atoms with van der Waals surface area (Å²) in [5.41, 5.74) is 5.93. The molecule has 0 heterocycles. The van der Waals surface area contributed by atoms with E-state index in [1.165, 1.54) is 6.07 Å². The number of rotatable bonds is 4. The second-order valence-electron chi connectivity index (χ2n) is 4.98. The smallest absolute Gasteiger partial charge is 0.241 e. The highest BCUT2D eigenvalue weighted by Gasteiger charge is 2.36. The first-order valence-electron chi connectivity index (χ1n) is 5.89. The van der Waals surface area contributed by atoms with E-state index in [4.69, 9.17) is 17.3 Å². The van der Waals surface area contributed by atoms with Crippen molar-refractivity contribution in [3.63, 3.8) is 0 Å². The summed E-state index contributed by atoms with van der Waals surface area (Å²) >= 11 is 5.98. The first kappa shape index (κ1) is 13.8. The highest BCUT2D eigenvalue weighted by molar-refractivity contribution is 7.89. The van der Waals surface area contributed by atoms with Gasteiger partial charge in [-0.15, -0.1) is 0 Å². The molecule has 0 saturated heterocycles. The molecular weight excluding hydrogens is 272 g/mol. The number of nitrogens with two attached hydrogens (primary N) is 1. The summed E-state index contributed by atoms with van der Waals surface area (Å²) in [5.74, 6) is 0. The van der Waals surface area contributed by atoms with E-state index in [2.05, 4.69) is 4.72 Å². The molecule has 18 heavy (non-hydrogen) atoms. The van der Waals surface area contributed by atoms with E-state index in [1.807, 2.05) is 6.92 Å². The summed E-state index contributed by atoms with van der Waals surface area (Å²) in [7, 11) is -3.50. The third-order valence-electron chi connectivity index (χ3n) is 3.39. The van der Waals surface area contributed by atoms with Gasteiger partial charge in [0.05, 0.1) is 4.90 Å². The minimum atomic E-state index is -3.50. The van der Waals surface area contributed by atoms with Gasteiger partial charge in [-0.1, -0.05) is 17.7 Å². The summed E-state index contributed by atoms with van der Waals surface area (Å²) in [6, 6.07) is 4.65. The molecule has 1 aromatic carbocycles. The molecule has 2 rings (SSSR count). The molecule has 4 nitrogen and oxygen atoms in total. The Balaban J connectivity index is 2.27. The molecule has 0 atom stereocenters. The van der Waals surface area contributed by atoms with Gasteiger partial charge < -0.3 is 5.73 Å². The SMILES string of the molecule is CC1(NS(=O)(=O)c2ccc(CN)c(Cl)c2)CCC1. The second kappa shape index (κ2) is 4.81. The van der Waals surface area contributed by atoms with Crippen molar-refractivity contribution in [2.75, 3.05) is 0 Å². The van der Waals surface area contributed by atoms with Gasteiger partial charge in [0.2, 0.25) is 10.0 Å². The minimum Gasteiger partial charge on any atom is -0.326 e. The standard InChI is InChI=1S/C12H17ClN2O2S/c1-12(5-2-6-12)15-18(16,17)10-4-3-9(8-14)11(13)7-10/h3-4,7,15H,2,5-6,8,14H2,1H3. The monoisotopic (exact) mass is 288 g/mol. The zero-order valence-corrected chi connectivity index (χ0v) is 11.8. The number of halogens is 1. The lowest BCUT2D eigenvalue weighted by molar-refractivity contribution is 0.248. The molecule has 0 radical (unpaired) electrons. The molecule has 1 fully saturated rings. The predicted octanol–water partition coefficient (Wildman–Crippen LogP) is 2.02. The molecule has 1 aliphatic carbocycles. The van der Waals surface area contributed by atoms with Crippen LogP contribution in [0.4, 0.5) is 0 Å². The number of benzene rings is 1. The van der Waals surface area contributed by atoms with Gasteiger partial charge in [-0.3, -0.25) is 0 Å². The molecule has 1 aliphatic rings. The maximum absolute atomic E-state index is 12.2. The molecule has 1 aromatic rings. The van der Waals surface area contributed by atoms with Crippen LogP contribution in [0.1, 0.15) is 31.7 Å². The molecule has 0 aliphatic heterocycles. The van der Waals surface area contributed by atoms with Gasteiger partial charge >= 0.3 is 0 Å². The fourth-order valence-corrected chi connectivity index (χ4v) is 3.87. The molecule has 3 N–H and O–H groups in total. The maximum atomic E-state index is 12.2. The van der Waals surface area contributed by atoms with Crippen molar-refractivity contribution in [1.82, 2.24) is 4.72 Å². The molecule has 6 heteroatoms. The van der Waals surface area contributed by atoms with Gasteiger partial charge in [-0.05, 0) is 43.9 Å². The van der Waals surface area contributed by atoms with Crippen LogP contribution in [-0.2, 0) is 16.6 Å². The van der Waals surface area contributed by atoms with E-state index < -0.39 is 10.0 Å². The zero-order chi connectivity index (χ0) is 13.4. The van der Waals surface area contributed by atoms with Crippen LogP contribution < -0.4 is 10.5 Å². The zero-order valence-electron chi connectivity index (χ0n) is 10.2. The fourth-order valence-electron chi connectivity index (χ4n) is 2.05. The van der Waals surface area contributed by atoms with Crippen LogP contribution in [-0.4, -0.2) is 14.0 Å². The van der Waals surface area contributed by atoms with Crippen LogP contribution in [0.25, 0.3) is 0 Å². The first-order valence-corrected chi connectivity index (χ1v) is 7.75. The molecule has 0 amide bonds. The van der Waals surface area contributed by atoms with E-state index in [9.17, 15) is 8.42 Å². The number of hydrogen-bond acceptors (Lipinski definition) is 3. The third-order valence-corrected chi connectivity index (χ3v) is 5.38. The Bertz CT molecular complexity index is 553. The summed E-state index contributed by atoms with van der Waals surface area (Å²) in [5, 5.41) is 0.388. The Hall–Kier alpha value is -0.620. The molecule has 0 bridgehead atoms. The van der Waals surface area contributed by atoms with Crippen LogP contribution >= 0.6 is 11.6 Å². The normalized spacial score (nSPS) is 18.4. The van der Waals surface area contributed by atoms with Gasteiger partial charge in [0.15, 0.2) is 0 Å². The highest BCUT2D eigenvalue weighted by atomic mass is 35.5. The van der Waals surface area contributed by atoms with Crippen LogP contribution in [0.5, 0.6) is 0 Å². The van der Waals surface area contributed by atoms with Crippen molar-refractivity contribution in [2.45, 2.75) is 43.2 Å². The molecule has 0 unspecified atom stereocenters. The maximum Gasteiger partial charge on any atom is 0.241 e. The summed E-state index contributed by atoms with van der Waals surface area (Å²) in [6.45, 7) is 2.22. The second-order valence-corrected chi connectivity index (χ2v) is 7.07. The van der Waals surface area contributed by atoms with E-state index in [1.54, 1.807) is 12.1 Å². The van der Waals surface area contributed by atoms with Gasteiger partial charge in [0.1, 0.15) is 0 Å². The van der Waals surface area contributed by atoms with Crippen molar-refractivity contribution < 1.29 is 8.42 Å². The highest BCUT2D eigenvalue weighted by Crippen LogP contribution is 2.33. The van der Waals surface area contributed by atoms with Gasteiger partial charge in [0, 0.05) is 17.1 Å². The quantitative estimate of drug-likeness (QED) is 0.890. The molecule has 100 valence electrons. The Morgan fingerprint density at radius 3 is 2.56 bits per heavy atom. The van der Waals surface area contributed by atoms with Gasteiger partial charge in [-0.2, -0.15) is 0 Å². The summed E-state index contributed by atoms with van der Waals surface area (Å²) in [6.07, 6.45) is 2.81. The topological polar surface area (TPSA) is 72.2 Å². The van der Waals surface area contributed by atoms with E-state index in [0.717, 1.165) is 24.8 Å². The fraction of sp³-hybridized carbons (Fsp3) is 0.500. The number of nitrogens with one attached hydrogen (secondary N) is 1. The van der Waals surface area contributed by atoms with Crippen LogP contribution in [0.2, 0.25) is 5.02 Å². The van der Waals surface area contributed by atoms with Crippen molar-refractivity contribution >= 4 is 21.6 Å². The van der Waals surface area contributed by atoms with Crippen molar-refractivity contribution in [2.24, 2.45) is 5.73 Å². The van der Waals surface area contributed by atoms with Crippen LogP contribution in [0.15, 0.2) is 23.1 Å². The number of hydrogen-bond donors (Lipinski definition) is 2. The summed E-state index contributed by atoms with van der Waals surface area (Å²) in [4.78, 5) is 0.192. The Labute approximate surface area is 113 Å². The Morgan fingerprint density at radius 1 is 1.44 bits per heavy atom. The molecule has 1 saturated carbocycles. The molecule has 0 aromatic heterocycles. The van der Waals surface area contributed by atoms with E-state index in [0.29, 0.717) is 11.6 Å². The van der Waals surface area contributed by atoms with E-state index in [-0.39, 0.29) is 10.4 Å².